The molecule has 0 saturated carbocycles. The second kappa shape index (κ2) is 6.38. The van der Waals surface area contributed by atoms with Crippen molar-refractivity contribution in [2.24, 2.45) is 0 Å². The molecule has 0 spiro atoms. The topological polar surface area (TPSA) is 56.8 Å². The van der Waals surface area contributed by atoms with Gasteiger partial charge in [0.1, 0.15) is 0 Å². The molecule has 1 aliphatic rings. The number of likely N-dealkylation sites (tertiary alicyclic amines) is 1. The fourth-order valence-electron chi connectivity index (χ4n) is 3.25. The average Bonchev–Trinajstić information content (AvgIpc) is 3.05. The maximum Gasteiger partial charge on any atom is 0.0651 e. The van der Waals surface area contributed by atoms with E-state index in [4.69, 9.17) is 0 Å². The number of anilines is 1. The molecule has 0 radical (unpaired) electrons. The van der Waals surface area contributed by atoms with Crippen LogP contribution in [0.25, 0.3) is 10.9 Å². The van der Waals surface area contributed by atoms with Crippen molar-refractivity contribution in [3.63, 3.8) is 0 Å². The van der Waals surface area contributed by atoms with E-state index in [2.05, 4.69) is 49.7 Å². The summed E-state index contributed by atoms with van der Waals surface area (Å²) in [7, 11) is 0. The number of benzene rings is 1. The molecule has 1 aromatic carbocycles. The molecule has 0 atom stereocenters. The number of fused-ring (bicyclic) bond motifs is 1. The number of H-pyrrole nitrogens is 1. The van der Waals surface area contributed by atoms with E-state index in [9.17, 15) is 0 Å². The summed E-state index contributed by atoms with van der Waals surface area (Å²) >= 11 is 0. The predicted molar refractivity (Wildman–Crippen MR) is 92.3 cm³/mol. The minimum absolute atomic E-state index is 0.546. The highest BCUT2D eigenvalue weighted by atomic mass is 15.1. The maximum atomic E-state index is 4.19. The minimum Gasteiger partial charge on any atom is -0.382 e. The van der Waals surface area contributed by atoms with Gasteiger partial charge < -0.3 is 5.32 Å². The molecule has 2 N–H and O–H groups in total. The molecule has 3 heterocycles. The fourth-order valence-corrected chi connectivity index (χ4v) is 3.25. The molecule has 1 aliphatic heterocycles. The van der Waals surface area contributed by atoms with Gasteiger partial charge in [-0.15, -0.1) is 0 Å². The minimum atomic E-state index is 0.546. The number of rotatable bonds is 4. The van der Waals surface area contributed by atoms with E-state index in [-0.39, 0.29) is 0 Å². The highest BCUT2D eigenvalue weighted by Gasteiger charge is 2.19. The highest BCUT2D eigenvalue weighted by Crippen LogP contribution is 2.21. The molecular formula is C18H21N5. The van der Waals surface area contributed by atoms with Crippen molar-refractivity contribution >= 4 is 16.6 Å². The lowest BCUT2D eigenvalue weighted by Crippen LogP contribution is -2.38. The van der Waals surface area contributed by atoms with Crippen LogP contribution >= 0.6 is 0 Å². The third-order valence-corrected chi connectivity index (χ3v) is 4.53. The number of hydrogen-bond acceptors (Lipinski definition) is 4. The molecular weight excluding hydrogens is 286 g/mol. The third kappa shape index (κ3) is 3.35. The van der Waals surface area contributed by atoms with Crippen molar-refractivity contribution in [2.75, 3.05) is 18.4 Å². The molecule has 0 unspecified atom stereocenters. The molecule has 0 bridgehead atoms. The molecule has 118 valence electrons. The summed E-state index contributed by atoms with van der Waals surface area (Å²) in [6.07, 6.45) is 8.01. The first-order valence-corrected chi connectivity index (χ1v) is 8.18. The van der Waals surface area contributed by atoms with Gasteiger partial charge in [0.25, 0.3) is 0 Å². The zero-order valence-electron chi connectivity index (χ0n) is 13.1. The normalized spacial score (nSPS) is 16.7. The van der Waals surface area contributed by atoms with Gasteiger partial charge in [0.05, 0.1) is 11.7 Å². The number of nitrogens with one attached hydrogen (secondary N) is 2. The van der Waals surface area contributed by atoms with Crippen LogP contribution in [0.5, 0.6) is 0 Å². The molecule has 4 rings (SSSR count). The van der Waals surface area contributed by atoms with E-state index in [1.54, 1.807) is 0 Å². The Morgan fingerprint density at radius 2 is 2.09 bits per heavy atom. The summed E-state index contributed by atoms with van der Waals surface area (Å²) < 4.78 is 0. The molecule has 2 aromatic heterocycles. The van der Waals surface area contributed by atoms with Gasteiger partial charge in [-0.3, -0.25) is 15.0 Å². The van der Waals surface area contributed by atoms with Gasteiger partial charge in [-0.05, 0) is 42.7 Å². The molecule has 23 heavy (non-hydrogen) atoms. The van der Waals surface area contributed by atoms with Crippen LogP contribution in [0.1, 0.15) is 18.4 Å². The van der Waals surface area contributed by atoms with Gasteiger partial charge in [-0.25, -0.2) is 0 Å². The summed E-state index contributed by atoms with van der Waals surface area (Å²) in [4.78, 5) is 6.70. The Kier molecular flexibility index (Phi) is 3.94. The Hall–Kier alpha value is -2.40. The van der Waals surface area contributed by atoms with Crippen molar-refractivity contribution in [2.45, 2.75) is 25.4 Å². The number of hydrogen-bond donors (Lipinski definition) is 2. The number of aromatic nitrogens is 3. The second-order valence-electron chi connectivity index (χ2n) is 6.23. The van der Waals surface area contributed by atoms with Crippen LogP contribution in [-0.2, 0) is 6.54 Å². The summed E-state index contributed by atoms with van der Waals surface area (Å²) in [5.41, 5.74) is 3.57. The van der Waals surface area contributed by atoms with E-state index >= 15 is 0 Å². The number of piperidine rings is 1. The van der Waals surface area contributed by atoms with Gasteiger partial charge in [0.2, 0.25) is 0 Å². The van der Waals surface area contributed by atoms with E-state index in [1.165, 1.54) is 24.1 Å². The Morgan fingerprint density at radius 3 is 2.91 bits per heavy atom. The molecule has 0 aliphatic carbocycles. The summed E-state index contributed by atoms with van der Waals surface area (Å²) in [5.74, 6) is 0. The van der Waals surface area contributed by atoms with Crippen molar-refractivity contribution in [3.8, 4) is 0 Å². The van der Waals surface area contributed by atoms with Crippen LogP contribution in [0.3, 0.4) is 0 Å². The predicted octanol–water partition coefficient (Wildman–Crippen LogP) is 3.03. The highest BCUT2D eigenvalue weighted by molar-refractivity contribution is 5.81. The fraction of sp³-hybridized carbons (Fsp3) is 0.333. The molecule has 5 heteroatoms. The van der Waals surface area contributed by atoms with Crippen LogP contribution < -0.4 is 5.32 Å². The van der Waals surface area contributed by atoms with Gasteiger partial charge in [0.15, 0.2) is 0 Å². The molecule has 1 saturated heterocycles. The third-order valence-electron chi connectivity index (χ3n) is 4.53. The van der Waals surface area contributed by atoms with Gasteiger partial charge in [0, 0.05) is 49.1 Å². The number of aromatic amines is 1. The van der Waals surface area contributed by atoms with Crippen molar-refractivity contribution in [1.82, 2.24) is 20.1 Å². The summed E-state index contributed by atoms with van der Waals surface area (Å²) in [5, 5.41) is 11.9. The Morgan fingerprint density at radius 1 is 1.17 bits per heavy atom. The Labute approximate surface area is 135 Å². The lowest BCUT2D eigenvalue weighted by Gasteiger charge is -2.32. The maximum absolute atomic E-state index is 4.19. The summed E-state index contributed by atoms with van der Waals surface area (Å²) in [6.45, 7) is 3.25. The van der Waals surface area contributed by atoms with Gasteiger partial charge in [-0.2, -0.15) is 5.10 Å². The quantitative estimate of drug-likeness (QED) is 0.778. The summed E-state index contributed by atoms with van der Waals surface area (Å²) in [6, 6.07) is 11.1. The molecule has 5 nitrogen and oxygen atoms in total. The standard InChI is InChI=1S/C18H21N5/c1-2-14(11-19-7-1)13-23-8-5-16(6-9-23)21-17-3-4-18-15(10-17)12-20-22-18/h1-4,7,10-12,16,21H,5-6,8-9,13H2,(H,20,22). The van der Waals surface area contributed by atoms with Crippen LogP contribution in [0.2, 0.25) is 0 Å². The number of pyridine rings is 1. The SMILES string of the molecule is c1cncc(CN2CCC(Nc3ccc4[nH]ncc4c3)CC2)c1. The van der Waals surface area contributed by atoms with E-state index < -0.39 is 0 Å². The van der Waals surface area contributed by atoms with E-state index in [0.717, 1.165) is 30.5 Å². The lowest BCUT2D eigenvalue weighted by atomic mass is 10.0. The lowest BCUT2D eigenvalue weighted by molar-refractivity contribution is 0.211. The van der Waals surface area contributed by atoms with Crippen molar-refractivity contribution < 1.29 is 0 Å². The molecule has 3 aromatic rings. The zero-order valence-corrected chi connectivity index (χ0v) is 13.1. The van der Waals surface area contributed by atoms with Crippen molar-refractivity contribution in [3.05, 3.63) is 54.5 Å². The van der Waals surface area contributed by atoms with Gasteiger partial charge in [-0.1, -0.05) is 6.07 Å². The first-order valence-electron chi connectivity index (χ1n) is 8.18. The van der Waals surface area contributed by atoms with Crippen LogP contribution in [0, 0.1) is 0 Å². The van der Waals surface area contributed by atoms with Crippen LogP contribution in [-0.4, -0.2) is 39.2 Å². The van der Waals surface area contributed by atoms with Gasteiger partial charge >= 0.3 is 0 Å². The monoisotopic (exact) mass is 307 g/mol. The smallest absolute Gasteiger partial charge is 0.0651 e. The molecule has 1 fully saturated rings. The first kappa shape index (κ1) is 14.2. The Bertz CT molecular complexity index is 759. The second-order valence-corrected chi connectivity index (χ2v) is 6.23. The first-order chi connectivity index (χ1) is 11.4. The van der Waals surface area contributed by atoms with Crippen molar-refractivity contribution in [1.29, 1.82) is 0 Å². The van der Waals surface area contributed by atoms with E-state index in [0.29, 0.717) is 6.04 Å². The Balaban J connectivity index is 1.32. The number of nitrogens with zero attached hydrogens (tertiary/aromatic N) is 3. The van der Waals surface area contributed by atoms with E-state index in [1.807, 2.05) is 24.7 Å². The largest absolute Gasteiger partial charge is 0.382 e. The van der Waals surface area contributed by atoms with Crippen LogP contribution in [0.4, 0.5) is 5.69 Å². The average molecular weight is 307 g/mol. The van der Waals surface area contributed by atoms with Crippen LogP contribution in [0.15, 0.2) is 48.9 Å². The molecule has 0 amide bonds. The zero-order chi connectivity index (χ0) is 15.5.